The van der Waals surface area contributed by atoms with Gasteiger partial charge in [0.25, 0.3) is 0 Å². The van der Waals surface area contributed by atoms with Gasteiger partial charge in [0.1, 0.15) is 24.1 Å². The van der Waals surface area contributed by atoms with Gasteiger partial charge in [-0.3, -0.25) is 4.57 Å². The van der Waals surface area contributed by atoms with Crippen molar-refractivity contribution in [3.8, 4) is 0 Å². The minimum absolute atomic E-state index is 0.146. The summed E-state index contributed by atoms with van der Waals surface area (Å²) in [6.07, 6.45) is -1.95. The minimum Gasteiger partial charge on any atom is -0.394 e. The Morgan fingerprint density at radius 1 is 1.63 bits per heavy atom. The Balaban J connectivity index is 2.41. The maximum Gasteiger partial charge on any atom is 0.351 e. The topological polar surface area (TPSA) is 120 Å². The Bertz CT molecular complexity index is 518. The summed E-state index contributed by atoms with van der Waals surface area (Å²) in [4.78, 5) is 15.5. The van der Waals surface area contributed by atoms with Crippen LogP contribution < -0.4 is 11.4 Å². The Morgan fingerprint density at radius 2 is 2.32 bits per heavy atom. The number of aromatic nitrogens is 2. The minimum atomic E-state index is -1.02. The maximum absolute atomic E-state index is 11.8. The Kier molecular flexibility index (Phi) is 3.85. The number of ether oxygens (including phenoxy) is 2. The Labute approximate surface area is 109 Å². The van der Waals surface area contributed by atoms with Gasteiger partial charge < -0.3 is 25.4 Å². The van der Waals surface area contributed by atoms with Gasteiger partial charge >= 0.3 is 5.69 Å². The van der Waals surface area contributed by atoms with E-state index in [2.05, 4.69) is 4.98 Å². The highest BCUT2D eigenvalue weighted by Crippen LogP contribution is 2.30. The molecule has 2 heterocycles. The average Bonchev–Trinajstić information content (AvgIpc) is 2.70. The number of aliphatic hydroxyl groups is 2. The van der Waals surface area contributed by atoms with Crippen LogP contribution in [0.1, 0.15) is 11.8 Å². The van der Waals surface area contributed by atoms with E-state index >= 15 is 0 Å². The van der Waals surface area contributed by atoms with Crippen LogP contribution in [0.5, 0.6) is 0 Å². The largest absolute Gasteiger partial charge is 0.394 e. The van der Waals surface area contributed by atoms with Crippen LogP contribution in [0.4, 0.5) is 5.82 Å². The summed E-state index contributed by atoms with van der Waals surface area (Å²) in [6.45, 7) is 1.34. The first-order valence-electron chi connectivity index (χ1n) is 5.82. The number of hydrogen-bond acceptors (Lipinski definition) is 7. The number of nitrogens with zero attached hydrogens (tertiary/aromatic N) is 2. The van der Waals surface area contributed by atoms with E-state index in [0.29, 0.717) is 5.56 Å². The molecule has 8 nitrogen and oxygen atoms in total. The first-order chi connectivity index (χ1) is 8.99. The van der Waals surface area contributed by atoms with Crippen molar-refractivity contribution in [3.05, 3.63) is 22.2 Å². The lowest BCUT2D eigenvalue weighted by molar-refractivity contribution is -0.0625. The number of nitrogen functional groups attached to an aromatic ring is 1. The monoisotopic (exact) mass is 271 g/mol. The third-order valence-electron chi connectivity index (χ3n) is 3.21. The number of hydrogen-bond donors (Lipinski definition) is 3. The zero-order chi connectivity index (χ0) is 14.2. The molecule has 2 unspecified atom stereocenters. The molecule has 1 aromatic heterocycles. The predicted octanol–water partition coefficient (Wildman–Crippen LogP) is -1.60. The van der Waals surface area contributed by atoms with E-state index in [9.17, 15) is 9.90 Å². The van der Waals surface area contributed by atoms with Crippen molar-refractivity contribution in [2.24, 2.45) is 0 Å². The van der Waals surface area contributed by atoms with Crippen LogP contribution in [0.2, 0.25) is 0 Å². The molecule has 2 rings (SSSR count). The zero-order valence-corrected chi connectivity index (χ0v) is 10.7. The van der Waals surface area contributed by atoms with E-state index in [1.807, 2.05) is 0 Å². The summed E-state index contributed by atoms with van der Waals surface area (Å²) in [5, 5.41) is 19.0. The van der Waals surface area contributed by atoms with Gasteiger partial charge in [-0.25, -0.2) is 4.79 Å². The molecule has 0 amide bonds. The zero-order valence-electron chi connectivity index (χ0n) is 10.7. The molecule has 0 radical (unpaired) electrons. The standard InChI is InChI=1S/C11H17N3O5/c1-5-3-14(11(17)13-9(5)12)10-8(18-2)7(16)6(4-15)19-10/h3,6-8,10,15-16H,4H2,1-2H3,(H2,12,13,17)/t6-,7?,8?,10-/m1/s1. The van der Waals surface area contributed by atoms with Crippen molar-refractivity contribution in [2.75, 3.05) is 19.5 Å². The van der Waals surface area contributed by atoms with Crippen molar-refractivity contribution in [2.45, 2.75) is 31.5 Å². The van der Waals surface area contributed by atoms with Crippen LogP contribution in [0.15, 0.2) is 11.0 Å². The van der Waals surface area contributed by atoms with Crippen molar-refractivity contribution in [1.82, 2.24) is 9.55 Å². The van der Waals surface area contributed by atoms with Crippen LogP contribution in [0.25, 0.3) is 0 Å². The molecular weight excluding hydrogens is 254 g/mol. The number of methoxy groups -OCH3 is 1. The molecule has 0 bridgehead atoms. The van der Waals surface area contributed by atoms with Crippen LogP contribution in [-0.4, -0.2) is 51.8 Å². The molecule has 8 heteroatoms. The fourth-order valence-electron chi connectivity index (χ4n) is 2.11. The third-order valence-corrected chi connectivity index (χ3v) is 3.21. The molecule has 4 N–H and O–H groups in total. The molecule has 0 saturated carbocycles. The molecule has 1 fully saturated rings. The van der Waals surface area contributed by atoms with Gasteiger partial charge in [-0.1, -0.05) is 0 Å². The third kappa shape index (κ3) is 2.35. The van der Waals surface area contributed by atoms with Gasteiger partial charge in [-0.2, -0.15) is 4.98 Å². The first-order valence-corrected chi connectivity index (χ1v) is 5.82. The lowest BCUT2D eigenvalue weighted by Gasteiger charge is -2.20. The maximum atomic E-state index is 11.8. The van der Waals surface area contributed by atoms with E-state index in [4.69, 9.17) is 20.3 Å². The first kappa shape index (κ1) is 13.9. The molecule has 4 atom stereocenters. The molecule has 19 heavy (non-hydrogen) atoms. The van der Waals surface area contributed by atoms with Gasteiger partial charge in [0.2, 0.25) is 0 Å². The fourth-order valence-corrected chi connectivity index (χ4v) is 2.11. The van der Waals surface area contributed by atoms with Crippen LogP contribution in [0.3, 0.4) is 0 Å². The normalized spacial score (nSPS) is 30.7. The second-order valence-electron chi connectivity index (χ2n) is 4.44. The molecule has 0 aliphatic carbocycles. The lowest BCUT2D eigenvalue weighted by Crippen LogP contribution is -2.37. The smallest absolute Gasteiger partial charge is 0.351 e. The number of nitrogens with two attached hydrogens (primary N) is 1. The Hall–Kier alpha value is -1.48. The van der Waals surface area contributed by atoms with E-state index in [-0.39, 0.29) is 12.4 Å². The predicted molar refractivity (Wildman–Crippen MR) is 65.4 cm³/mol. The highest BCUT2D eigenvalue weighted by molar-refractivity contribution is 5.35. The summed E-state index contributed by atoms with van der Waals surface area (Å²) < 4.78 is 11.8. The summed E-state index contributed by atoms with van der Waals surface area (Å²) >= 11 is 0. The second kappa shape index (κ2) is 5.25. The average molecular weight is 271 g/mol. The number of rotatable bonds is 3. The van der Waals surface area contributed by atoms with Gasteiger partial charge in [0.15, 0.2) is 6.23 Å². The van der Waals surface area contributed by atoms with Crippen molar-refractivity contribution >= 4 is 5.82 Å². The van der Waals surface area contributed by atoms with E-state index in [1.165, 1.54) is 17.9 Å². The number of aryl methyl sites for hydroxylation is 1. The number of aliphatic hydroxyl groups excluding tert-OH is 2. The molecule has 1 aliphatic heterocycles. The van der Waals surface area contributed by atoms with E-state index in [0.717, 1.165) is 0 Å². The van der Waals surface area contributed by atoms with E-state index < -0.39 is 30.2 Å². The summed E-state index contributed by atoms with van der Waals surface area (Å²) in [6, 6.07) is 0. The van der Waals surface area contributed by atoms with Gasteiger partial charge in [0.05, 0.1) is 6.61 Å². The van der Waals surface area contributed by atoms with E-state index in [1.54, 1.807) is 6.92 Å². The molecule has 0 spiro atoms. The quantitative estimate of drug-likeness (QED) is 0.605. The molecule has 1 saturated heterocycles. The fraction of sp³-hybridized carbons (Fsp3) is 0.636. The molecule has 1 aromatic rings. The highest BCUT2D eigenvalue weighted by Gasteiger charge is 2.45. The molecule has 1 aliphatic rings. The van der Waals surface area contributed by atoms with Crippen molar-refractivity contribution in [3.63, 3.8) is 0 Å². The van der Waals surface area contributed by atoms with Crippen LogP contribution in [0, 0.1) is 6.92 Å². The molecule has 106 valence electrons. The van der Waals surface area contributed by atoms with Crippen LogP contribution >= 0.6 is 0 Å². The summed E-state index contributed by atoms with van der Waals surface area (Å²) in [7, 11) is 1.40. The summed E-state index contributed by atoms with van der Waals surface area (Å²) in [5.41, 5.74) is 5.56. The Morgan fingerprint density at radius 3 is 2.89 bits per heavy atom. The van der Waals surface area contributed by atoms with Crippen molar-refractivity contribution in [1.29, 1.82) is 0 Å². The van der Waals surface area contributed by atoms with Gasteiger partial charge in [-0.15, -0.1) is 0 Å². The lowest BCUT2D eigenvalue weighted by atomic mass is 10.1. The highest BCUT2D eigenvalue weighted by atomic mass is 16.6. The summed E-state index contributed by atoms with van der Waals surface area (Å²) in [5.74, 6) is 0.146. The van der Waals surface area contributed by atoms with Crippen LogP contribution in [-0.2, 0) is 9.47 Å². The SMILES string of the molecule is COC1C(O)[C@@H](CO)O[C@H]1n1cc(C)c(N)nc1=O. The second-order valence-corrected chi connectivity index (χ2v) is 4.44. The molecule has 0 aromatic carbocycles. The van der Waals surface area contributed by atoms with Gasteiger partial charge in [0, 0.05) is 18.9 Å². The van der Waals surface area contributed by atoms with Gasteiger partial charge in [-0.05, 0) is 6.92 Å². The number of anilines is 1. The van der Waals surface area contributed by atoms with Crippen molar-refractivity contribution < 1.29 is 19.7 Å². The molecular formula is C11H17N3O5.